The molecule has 0 aliphatic heterocycles. The Morgan fingerprint density at radius 1 is 1.17 bits per heavy atom. The molecule has 7 nitrogen and oxygen atoms in total. The maximum absolute atomic E-state index is 13.0. The van der Waals surface area contributed by atoms with E-state index >= 15 is 0 Å². The number of aryl methyl sites for hydroxylation is 1. The molecular formula is C21H19ClN4O3. The molecule has 0 bridgehead atoms. The van der Waals surface area contributed by atoms with Crippen LogP contribution in [-0.2, 0) is 6.54 Å². The maximum atomic E-state index is 13.0. The lowest BCUT2D eigenvalue weighted by molar-refractivity contribution is 0.0996. The summed E-state index contributed by atoms with van der Waals surface area (Å²) in [5.74, 6) is -0.969. The summed E-state index contributed by atoms with van der Waals surface area (Å²) in [5, 5.41) is 7.59. The van der Waals surface area contributed by atoms with Gasteiger partial charge < -0.3 is 11.1 Å². The first-order valence-electron chi connectivity index (χ1n) is 8.91. The number of carbonyl (C=O) groups is 2. The highest BCUT2D eigenvalue weighted by Gasteiger charge is 2.22. The fourth-order valence-corrected chi connectivity index (χ4v) is 3.12. The van der Waals surface area contributed by atoms with E-state index in [1.807, 2.05) is 30.3 Å². The number of benzene rings is 2. The van der Waals surface area contributed by atoms with Gasteiger partial charge in [0.25, 0.3) is 5.56 Å². The first kappa shape index (κ1) is 20.3. The Hall–Kier alpha value is -3.45. The molecule has 8 heteroatoms. The molecule has 0 saturated carbocycles. The highest BCUT2D eigenvalue weighted by atomic mass is 35.5. The Labute approximate surface area is 172 Å². The lowest BCUT2D eigenvalue weighted by Gasteiger charge is -2.17. The standard InChI is InChI=1S/C21H19ClN4O3/c1-3-26-21(29)19(24-16-11-14(20(23)28)9-10-15(16)22)17(12(2)27)18(25-26)13-7-5-4-6-8-13/h4-11,24H,3H2,1-2H3,(H2,23,28). The van der Waals surface area contributed by atoms with Crippen LogP contribution in [0.3, 0.4) is 0 Å². The number of aromatic nitrogens is 2. The van der Waals surface area contributed by atoms with Crippen LogP contribution in [0.1, 0.15) is 34.6 Å². The molecule has 1 aromatic heterocycles. The molecule has 0 fully saturated rings. The summed E-state index contributed by atoms with van der Waals surface area (Å²) in [7, 11) is 0. The SMILES string of the molecule is CCn1nc(-c2ccccc2)c(C(C)=O)c(Nc2cc(C(N)=O)ccc2Cl)c1=O. The summed E-state index contributed by atoms with van der Waals surface area (Å²) in [6, 6.07) is 13.5. The highest BCUT2D eigenvalue weighted by Crippen LogP contribution is 2.30. The molecule has 0 aliphatic rings. The van der Waals surface area contributed by atoms with E-state index in [9.17, 15) is 14.4 Å². The predicted molar refractivity (Wildman–Crippen MR) is 113 cm³/mol. The van der Waals surface area contributed by atoms with Crippen molar-refractivity contribution < 1.29 is 9.59 Å². The van der Waals surface area contributed by atoms with Crippen LogP contribution in [0.25, 0.3) is 11.3 Å². The van der Waals surface area contributed by atoms with E-state index in [-0.39, 0.29) is 33.3 Å². The Bertz CT molecular complexity index is 1160. The van der Waals surface area contributed by atoms with E-state index < -0.39 is 11.5 Å². The second kappa shape index (κ2) is 8.28. The molecule has 2 aromatic carbocycles. The van der Waals surface area contributed by atoms with Gasteiger partial charge in [-0.2, -0.15) is 5.10 Å². The second-order valence-electron chi connectivity index (χ2n) is 6.33. The van der Waals surface area contributed by atoms with Crippen molar-refractivity contribution in [2.45, 2.75) is 20.4 Å². The van der Waals surface area contributed by atoms with Crippen LogP contribution in [0.2, 0.25) is 5.02 Å². The van der Waals surface area contributed by atoms with Gasteiger partial charge >= 0.3 is 0 Å². The Kier molecular flexibility index (Phi) is 5.79. The van der Waals surface area contributed by atoms with Crippen molar-refractivity contribution in [3.8, 4) is 11.3 Å². The number of nitrogens with two attached hydrogens (primary N) is 1. The zero-order chi connectivity index (χ0) is 21.1. The number of Topliss-reactive ketones (excluding diaryl/α,β-unsaturated/α-hetero) is 1. The minimum atomic E-state index is -0.637. The zero-order valence-electron chi connectivity index (χ0n) is 15.9. The smallest absolute Gasteiger partial charge is 0.291 e. The van der Waals surface area contributed by atoms with Gasteiger partial charge in [-0.15, -0.1) is 0 Å². The molecule has 0 unspecified atom stereocenters. The van der Waals surface area contributed by atoms with Gasteiger partial charge in [0.1, 0.15) is 11.4 Å². The quantitative estimate of drug-likeness (QED) is 0.603. The average Bonchev–Trinajstić information content (AvgIpc) is 2.70. The van der Waals surface area contributed by atoms with Crippen LogP contribution in [0.15, 0.2) is 53.3 Å². The van der Waals surface area contributed by atoms with Crippen molar-refractivity contribution in [1.29, 1.82) is 0 Å². The summed E-state index contributed by atoms with van der Waals surface area (Å²) in [6.07, 6.45) is 0. The number of rotatable bonds is 6. The van der Waals surface area contributed by atoms with Crippen molar-refractivity contribution in [3.05, 3.63) is 75.0 Å². The van der Waals surface area contributed by atoms with Gasteiger partial charge in [0.2, 0.25) is 5.91 Å². The van der Waals surface area contributed by atoms with Crippen molar-refractivity contribution in [2.24, 2.45) is 5.73 Å². The number of ketones is 1. The van der Waals surface area contributed by atoms with E-state index in [1.54, 1.807) is 6.92 Å². The molecular weight excluding hydrogens is 392 g/mol. The molecule has 3 N–H and O–H groups in total. The van der Waals surface area contributed by atoms with Gasteiger partial charge in [0.05, 0.1) is 16.3 Å². The van der Waals surface area contributed by atoms with E-state index in [1.165, 1.54) is 29.8 Å². The minimum Gasteiger partial charge on any atom is -0.366 e. The van der Waals surface area contributed by atoms with Crippen LogP contribution in [0.4, 0.5) is 11.4 Å². The number of halogens is 1. The third kappa shape index (κ3) is 4.05. The topological polar surface area (TPSA) is 107 Å². The first-order valence-corrected chi connectivity index (χ1v) is 9.29. The van der Waals surface area contributed by atoms with Crippen molar-refractivity contribution >= 4 is 34.7 Å². The molecule has 3 aromatic rings. The van der Waals surface area contributed by atoms with Crippen LogP contribution in [-0.4, -0.2) is 21.5 Å². The number of nitrogens with one attached hydrogen (secondary N) is 1. The zero-order valence-corrected chi connectivity index (χ0v) is 16.7. The normalized spacial score (nSPS) is 10.6. The molecule has 0 spiro atoms. The third-order valence-electron chi connectivity index (χ3n) is 4.37. The minimum absolute atomic E-state index is 0.0386. The van der Waals surface area contributed by atoms with E-state index in [4.69, 9.17) is 17.3 Å². The monoisotopic (exact) mass is 410 g/mol. The van der Waals surface area contributed by atoms with Gasteiger partial charge in [-0.1, -0.05) is 41.9 Å². The number of hydrogen-bond acceptors (Lipinski definition) is 5. The molecule has 1 heterocycles. The number of hydrogen-bond donors (Lipinski definition) is 2. The molecule has 0 aliphatic carbocycles. The molecule has 0 saturated heterocycles. The highest BCUT2D eigenvalue weighted by molar-refractivity contribution is 6.33. The molecule has 148 valence electrons. The van der Waals surface area contributed by atoms with Gasteiger partial charge in [-0.3, -0.25) is 14.4 Å². The number of amides is 1. The predicted octanol–water partition coefficient (Wildman–Crippen LogP) is 3.63. The molecule has 29 heavy (non-hydrogen) atoms. The second-order valence-corrected chi connectivity index (χ2v) is 6.73. The van der Waals surface area contributed by atoms with Gasteiger partial charge in [0.15, 0.2) is 5.78 Å². The van der Waals surface area contributed by atoms with Crippen molar-refractivity contribution in [1.82, 2.24) is 9.78 Å². The summed E-state index contributed by atoms with van der Waals surface area (Å²) >= 11 is 6.24. The summed E-state index contributed by atoms with van der Waals surface area (Å²) < 4.78 is 1.27. The molecule has 0 atom stereocenters. The van der Waals surface area contributed by atoms with Gasteiger partial charge in [0, 0.05) is 17.7 Å². The first-order chi connectivity index (χ1) is 13.8. The van der Waals surface area contributed by atoms with Crippen LogP contribution in [0.5, 0.6) is 0 Å². The largest absolute Gasteiger partial charge is 0.366 e. The van der Waals surface area contributed by atoms with Crippen LogP contribution < -0.4 is 16.6 Å². The number of primary amides is 1. The van der Waals surface area contributed by atoms with E-state index in [2.05, 4.69) is 10.4 Å². The summed E-state index contributed by atoms with van der Waals surface area (Å²) in [4.78, 5) is 37.0. The van der Waals surface area contributed by atoms with Crippen molar-refractivity contribution in [2.75, 3.05) is 5.32 Å². The van der Waals surface area contributed by atoms with Crippen LogP contribution >= 0.6 is 11.6 Å². The average molecular weight is 411 g/mol. The Morgan fingerprint density at radius 3 is 2.45 bits per heavy atom. The fraction of sp³-hybridized carbons (Fsp3) is 0.143. The van der Waals surface area contributed by atoms with E-state index in [0.29, 0.717) is 17.8 Å². The fourth-order valence-electron chi connectivity index (χ4n) is 2.95. The maximum Gasteiger partial charge on any atom is 0.291 e. The Balaban J connectivity index is 2.28. The van der Waals surface area contributed by atoms with Gasteiger partial charge in [-0.05, 0) is 32.0 Å². The van der Waals surface area contributed by atoms with Crippen LogP contribution in [0, 0.1) is 0 Å². The number of carbonyl (C=O) groups excluding carboxylic acids is 2. The van der Waals surface area contributed by atoms with Crippen molar-refractivity contribution in [3.63, 3.8) is 0 Å². The lowest BCUT2D eigenvalue weighted by atomic mass is 10.0. The van der Waals surface area contributed by atoms with Gasteiger partial charge in [-0.25, -0.2) is 4.68 Å². The summed E-state index contributed by atoms with van der Waals surface area (Å²) in [6.45, 7) is 3.45. The lowest BCUT2D eigenvalue weighted by Crippen LogP contribution is -2.28. The summed E-state index contributed by atoms with van der Waals surface area (Å²) in [5.41, 5.74) is 6.63. The van der Waals surface area contributed by atoms with E-state index in [0.717, 1.165) is 0 Å². The number of anilines is 2. The molecule has 0 radical (unpaired) electrons. The molecule has 1 amide bonds. The number of nitrogens with zero attached hydrogens (tertiary/aromatic N) is 2. The molecule has 3 rings (SSSR count). The third-order valence-corrected chi connectivity index (χ3v) is 4.69. The Morgan fingerprint density at radius 2 is 1.86 bits per heavy atom.